The van der Waals surface area contributed by atoms with Crippen molar-refractivity contribution >= 4 is 35.0 Å². The molecule has 0 saturated carbocycles. The molecule has 2 heterocycles. The minimum Gasteiger partial charge on any atom is -0.354 e. The molecule has 0 aliphatic carbocycles. The van der Waals surface area contributed by atoms with Gasteiger partial charge in [0.05, 0.1) is 16.9 Å². The van der Waals surface area contributed by atoms with Gasteiger partial charge in [0.15, 0.2) is 0 Å². The van der Waals surface area contributed by atoms with Crippen LogP contribution in [0.15, 0.2) is 60.9 Å². The summed E-state index contributed by atoms with van der Waals surface area (Å²) in [6.07, 6.45) is 6.72. The van der Waals surface area contributed by atoms with Crippen molar-refractivity contribution in [3.8, 4) is 5.69 Å². The number of rotatable bonds is 5. The molecule has 1 aliphatic heterocycles. The summed E-state index contributed by atoms with van der Waals surface area (Å²) < 4.78 is 1.53. The Morgan fingerprint density at radius 2 is 2.03 bits per heavy atom. The summed E-state index contributed by atoms with van der Waals surface area (Å²) in [6, 6.07) is 11.3. The van der Waals surface area contributed by atoms with Gasteiger partial charge in [0.1, 0.15) is 12.4 Å². The lowest BCUT2D eigenvalue weighted by Crippen LogP contribution is -2.47. The average molecular weight is 494 g/mol. The highest BCUT2D eigenvalue weighted by atomic mass is 35.5. The summed E-state index contributed by atoms with van der Waals surface area (Å²) in [5, 5.41) is 20.3. The highest BCUT2D eigenvalue weighted by Gasteiger charge is 2.22. The van der Waals surface area contributed by atoms with E-state index < -0.39 is 11.9 Å². The molecule has 0 spiro atoms. The Morgan fingerprint density at radius 3 is 2.86 bits per heavy atom. The van der Waals surface area contributed by atoms with Crippen molar-refractivity contribution < 1.29 is 14.4 Å². The number of nitrogens with one attached hydrogen (secondary N) is 3. The zero-order chi connectivity index (χ0) is 24.6. The standard InChI is InChI=1S/C24H24ClN7O3/c25-17-10-11-21(32-15-27-30-31-32)16(14-17)12-13-26-24(35)20-8-2-1-3-9-22(33)28-19-7-5-4-6-18(19)23(34)29-20/h1-2,4-7,10-11,14-15,20H,3,8-9,12-13H2,(H,26,35)(H,28,33)(H,29,34)/b2-1+. The van der Waals surface area contributed by atoms with E-state index in [1.165, 1.54) is 11.0 Å². The summed E-state index contributed by atoms with van der Waals surface area (Å²) in [7, 11) is 0. The molecule has 10 nitrogen and oxygen atoms in total. The third kappa shape index (κ3) is 6.30. The van der Waals surface area contributed by atoms with E-state index >= 15 is 0 Å². The molecule has 1 aromatic heterocycles. The summed E-state index contributed by atoms with van der Waals surface area (Å²) in [6.45, 7) is 0.316. The van der Waals surface area contributed by atoms with Crippen LogP contribution in [0.25, 0.3) is 5.69 Å². The van der Waals surface area contributed by atoms with Crippen LogP contribution < -0.4 is 16.0 Å². The molecule has 1 atom stereocenters. The van der Waals surface area contributed by atoms with Crippen LogP contribution in [0.4, 0.5) is 5.69 Å². The van der Waals surface area contributed by atoms with E-state index in [4.69, 9.17) is 11.6 Å². The summed E-state index contributed by atoms with van der Waals surface area (Å²) in [4.78, 5) is 38.1. The fraction of sp³-hybridized carbons (Fsp3) is 0.250. The molecule has 4 rings (SSSR count). The SMILES string of the molecule is O=C1CC/C=C/CC(C(=O)NCCc2cc(Cl)ccc2-n2cnnn2)NC(=O)c2ccccc2N1. The molecular weight excluding hydrogens is 470 g/mol. The van der Waals surface area contributed by atoms with E-state index in [9.17, 15) is 14.4 Å². The van der Waals surface area contributed by atoms with Gasteiger partial charge in [-0.25, -0.2) is 4.68 Å². The average Bonchev–Trinajstić information content (AvgIpc) is 3.37. The Balaban J connectivity index is 1.45. The molecule has 3 aromatic rings. The predicted octanol–water partition coefficient (Wildman–Crippen LogP) is 2.45. The number of carbonyl (C=O) groups excluding carboxylic acids is 3. The molecule has 3 N–H and O–H groups in total. The lowest BCUT2D eigenvalue weighted by Gasteiger charge is -2.19. The maximum atomic E-state index is 13.0. The second-order valence-corrected chi connectivity index (χ2v) is 8.37. The first-order chi connectivity index (χ1) is 17.0. The van der Waals surface area contributed by atoms with Gasteiger partial charge in [-0.3, -0.25) is 14.4 Å². The number of anilines is 1. The fourth-order valence-corrected chi connectivity index (χ4v) is 3.92. The van der Waals surface area contributed by atoms with Crippen molar-refractivity contribution in [2.75, 3.05) is 11.9 Å². The van der Waals surface area contributed by atoms with Gasteiger partial charge >= 0.3 is 0 Å². The van der Waals surface area contributed by atoms with E-state index in [1.54, 1.807) is 42.5 Å². The summed E-state index contributed by atoms with van der Waals surface area (Å²) in [5.41, 5.74) is 2.33. The first-order valence-electron chi connectivity index (χ1n) is 11.2. The molecule has 1 unspecified atom stereocenters. The second kappa shape index (κ2) is 11.4. The topological polar surface area (TPSA) is 131 Å². The van der Waals surface area contributed by atoms with Gasteiger partial charge in [0.2, 0.25) is 11.8 Å². The van der Waals surface area contributed by atoms with Crippen LogP contribution in [-0.2, 0) is 16.0 Å². The highest BCUT2D eigenvalue weighted by Crippen LogP contribution is 2.20. The molecule has 35 heavy (non-hydrogen) atoms. The third-order valence-corrected chi connectivity index (χ3v) is 5.71. The van der Waals surface area contributed by atoms with Crippen LogP contribution in [0.2, 0.25) is 5.02 Å². The Kier molecular flexibility index (Phi) is 7.84. The number of hydrogen-bond acceptors (Lipinski definition) is 6. The third-order valence-electron chi connectivity index (χ3n) is 5.48. The first-order valence-corrected chi connectivity index (χ1v) is 11.5. The first kappa shape index (κ1) is 24.1. The minimum atomic E-state index is -0.778. The molecule has 0 bridgehead atoms. The largest absolute Gasteiger partial charge is 0.354 e. The summed E-state index contributed by atoms with van der Waals surface area (Å²) >= 11 is 6.17. The lowest BCUT2D eigenvalue weighted by molar-refractivity contribution is -0.123. The van der Waals surface area contributed by atoms with Gasteiger partial charge in [-0.2, -0.15) is 0 Å². The van der Waals surface area contributed by atoms with Gasteiger partial charge in [0.25, 0.3) is 5.91 Å². The van der Waals surface area contributed by atoms with Crippen LogP contribution in [0.3, 0.4) is 0 Å². The van der Waals surface area contributed by atoms with Crippen LogP contribution in [0.5, 0.6) is 0 Å². The van der Waals surface area contributed by atoms with E-state index in [0.29, 0.717) is 42.1 Å². The molecular formula is C24H24ClN7O3. The predicted molar refractivity (Wildman–Crippen MR) is 130 cm³/mol. The second-order valence-electron chi connectivity index (χ2n) is 7.93. The van der Waals surface area contributed by atoms with Crippen molar-refractivity contribution in [1.82, 2.24) is 30.8 Å². The number of carbonyl (C=O) groups is 3. The number of para-hydroxylation sites is 1. The number of hydrogen-bond donors (Lipinski definition) is 3. The Labute approximate surface area is 206 Å². The van der Waals surface area contributed by atoms with Crippen LogP contribution in [-0.4, -0.2) is 50.5 Å². The molecule has 11 heteroatoms. The molecule has 0 fully saturated rings. The number of halogens is 1. The monoisotopic (exact) mass is 493 g/mol. The van der Waals surface area contributed by atoms with Crippen molar-refractivity contribution in [3.05, 3.63) is 77.1 Å². The molecule has 3 amide bonds. The van der Waals surface area contributed by atoms with Gasteiger partial charge in [0, 0.05) is 18.0 Å². The van der Waals surface area contributed by atoms with E-state index in [0.717, 1.165) is 11.3 Å². The maximum absolute atomic E-state index is 13.0. The number of aromatic nitrogens is 4. The zero-order valence-corrected chi connectivity index (χ0v) is 19.5. The number of amides is 3. The Morgan fingerprint density at radius 1 is 1.17 bits per heavy atom. The van der Waals surface area contributed by atoms with Crippen LogP contribution >= 0.6 is 11.6 Å². The highest BCUT2D eigenvalue weighted by molar-refractivity contribution is 6.30. The molecule has 0 radical (unpaired) electrons. The number of allylic oxidation sites excluding steroid dienone is 1. The number of benzene rings is 2. The summed E-state index contributed by atoms with van der Waals surface area (Å²) in [5.74, 6) is -0.926. The molecule has 2 aromatic carbocycles. The fourth-order valence-electron chi connectivity index (χ4n) is 3.73. The van der Waals surface area contributed by atoms with Crippen molar-refractivity contribution in [3.63, 3.8) is 0 Å². The number of fused-ring (bicyclic) bond motifs is 1. The number of tetrazole rings is 1. The molecule has 180 valence electrons. The minimum absolute atomic E-state index is 0.174. The van der Waals surface area contributed by atoms with Crippen molar-refractivity contribution in [2.24, 2.45) is 0 Å². The zero-order valence-electron chi connectivity index (χ0n) is 18.8. The van der Waals surface area contributed by atoms with Gasteiger partial charge in [-0.15, -0.1) is 5.10 Å². The number of nitrogens with zero attached hydrogens (tertiary/aromatic N) is 4. The Bertz CT molecular complexity index is 1240. The maximum Gasteiger partial charge on any atom is 0.254 e. The van der Waals surface area contributed by atoms with Gasteiger partial charge in [-0.1, -0.05) is 35.9 Å². The normalized spacial score (nSPS) is 17.2. The van der Waals surface area contributed by atoms with E-state index in [1.807, 2.05) is 12.1 Å². The van der Waals surface area contributed by atoms with Crippen LogP contribution in [0.1, 0.15) is 35.2 Å². The molecule has 1 aliphatic rings. The Hall–Kier alpha value is -4.05. The smallest absolute Gasteiger partial charge is 0.254 e. The van der Waals surface area contributed by atoms with E-state index in [2.05, 4.69) is 31.5 Å². The van der Waals surface area contributed by atoms with E-state index in [-0.39, 0.29) is 18.2 Å². The van der Waals surface area contributed by atoms with Gasteiger partial charge < -0.3 is 16.0 Å². The molecule has 0 saturated heterocycles. The quantitative estimate of drug-likeness (QED) is 0.468. The van der Waals surface area contributed by atoms with Gasteiger partial charge in [-0.05, 0) is 65.6 Å². The van der Waals surface area contributed by atoms with Crippen LogP contribution in [0, 0.1) is 0 Å². The van der Waals surface area contributed by atoms with Crippen molar-refractivity contribution in [2.45, 2.75) is 31.7 Å². The van der Waals surface area contributed by atoms with Crippen molar-refractivity contribution in [1.29, 1.82) is 0 Å². The lowest BCUT2D eigenvalue weighted by atomic mass is 10.1.